The van der Waals surface area contributed by atoms with Gasteiger partial charge in [-0.15, -0.1) is 22.7 Å². The van der Waals surface area contributed by atoms with E-state index in [9.17, 15) is 45.5 Å². The largest absolute Gasteiger partial charge is 0.416 e. The van der Waals surface area contributed by atoms with Crippen LogP contribution in [0.5, 0.6) is 0 Å². The van der Waals surface area contributed by atoms with Gasteiger partial charge in [0.05, 0.1) is 30.6 Å². The molecule has 38 heavy (non-hydrogen) atoms. The zero-order valence-corrected chi connectivity index (χ0v) is 20.3. The van der Waals surface area contributed by atoms with Crippen molar-refractivity contribution in [3.05, 3.63) is 92.2 Å². The molecule has 0 amide bonds. The fourth-order valence-corrected chi connectivity index (χ4v) is 6.53. The van der Waals surface area contributed by atoms with E-state index in [0.29, 0.717) is 0 Å². The molecule has 1 aromatic carbocycles. The number of thiophene rings is 2. The minimum atomic E-state index is -4.58. The predicted octanol–water partition coefficient (Wildman–Crippen LogP) is 7.35. The molecule has 194 valence electrons. The predicted molar refractivity (Wildman–Crippen MR) is 127 cm³/mol. The first-order valence-corrected chi connectivity index (χ1v) is 12.5. The maximum atomic E-state index is 13.0. The molecule has 0 spiro atoms. The van der Waals surface area contributed by atoms with Gasteiger partial charge in [0.2, 0.25) is 17.3 Å². The van der Waals surface area contributed by atoms with Crippen LogP contribution in [0.4, 0.5) is 26.3 Å². The monoisotopic (exact) mass is 566 g/mol. The van der Waals surface area contributed by atoms with Crippen molar-refractivity contribution in [2.45, 2.75) is 18.8 Å². The lowest BCUT2D eigenvalue weighted by molar-refractivity contribution is -0.137. The van der Waals surface area contributed by atoms with Crippen LogP contribution in [-0.2, 0) is 6.18 Å². The lowest BCUT2D eigenvalue weighted by atomic mass is 9.91. The molecule has 0 N–H and O–H groups in total. The fraction of sp³-hybridized carbons (Fsp3) is 0.154. The second-order valence-corrected chi connectivity index (χ2v) is 10.6. The molecule has 0 saturated heterocycles. The molecule has 2 aliphatic carbocycles. The molecule has 0 radical (unpaired) electrons. The molecule has 4 nitrogen and oxygen atoms in total. The Hall–Kier alpha value is -3.64. The number of carbonyl (C=O) groups is 4. The van der Waals surface area contributed by atoms with Crippen molar-refractivity contribution in [2.75, 3.05) is 0 Å². The second-order valence-electron chi connectivity index (χ2n) is 8.49. The van der Waals surface area contributed by atoms with E-state index in [2.05, 4.69) is 0 Å². The summed E-state index contributed by atoms with van der Waals surface area (Å²) in [4.78, 5) is 52.0. The number of hydrogen-bond donors (Lipinski definition) is 0. The summed E-state index contributed by atoms with van der Waals surface area (Å²) < 4.78 is 77.1. The number of Topliss-reactive ketones (excluding diaryl/α,β-unsaturated/α-hetero) is 3. The van der Waals surface area contributed by atoms with Gasteiger partial charge in [-0.3, -0.25) is 19.2 Å². The molecule has 0 bridgehead atoms. The number of allylic oxidation sites excluding steroid dienone is 4. The van der Waals surface area contributed by atoms with Crippen LogP contribution in [0, 0.1) is 5.92 Å². The summed E-state index contributed by atoms with van der Waals surface area (Å²) in [6.07, 6.45) is -6.41. The molecule has 2 aromatic heterocycles. The van der Waals surface area contributed by atoms with Gasteiger partial charge in [-0.05, 0) is 30.7 Å². The van der Waals surface area contributed by atoms with Crippen molar-refractivity contribution in [3.8, 4) is 9.75 Å². The highest BCUT2D eigenvalue weighted by atomic mass is 32.1. The van der Waals surface area contributed by atoms with E-state index in [1.807, 2.05) is 0 Å². The normalized spacial score (nSPS) is 17.2. The summed E-state index contributed by atoms with van der Waals surface area (Å²) in [6, 6.07) is 5.99. The van der Waals surface area contributed by atoms with E-state index >= 15 is 0 Å². The second kappa shape index (κ2) is 8.98. The van der Waals surface area contributed by atoms with Crippen LogP contribution in [0.15, 0.2) is 60.2 Å². The van der Waals surface area contributed by atoms with E-state index in [-0.39, 0.29) is 42.6 Å². The zero-order chi connectivity index (χ0) is 27.6. The van der Waals surface area contributed by atoms with Gasteiger partial charge in [-0.1, -0.05) is 30.4 Å². The number of alkyl halides is 6. The number of ketones is 4. The summed E-state index contributed by atoms with van der Waals surface area (Å²) in [5, 5.41) is 0. The highest BCUT2D eigenvalue weighted by Gasteiger charge is 2.38. The first-order valence-electron chi connectivity index (χ1n) is 10.8. The fourth-order valence-electron chi connectivity index (χ4n) is 4.10. The summed E-state index contributed by atoms with van der Waals surface area (Å²) in [5.41, 5.74) is -1.94. The molecule has 1 atom stereocenters. The van der Waals surface area contributed by atoms with Crippen LogP contribution in [0.1, 0.15) is 57.6 Å². The summed E-state index contributed by atoms with van der Waals surface area (Å²) in [5.74, 6) is -3.84. The van der Waals surface area contributed by atoms with Gasteiger partial charge in [0.15, 0.2) is 5.78 Å². The van der Waals surface area contributed by atoms with E-state index in [1.54, 1.807) is 0 Å². The zero-order valence-electron chi connectivity index (χ0n) is 18.7. The maximum Gasteiger partial charge on any atom is 0.416 e. The lowest BCUT2D eigenvalue weighted by Crippen LogP contribution is -2.18. The lowest BCUT2D eigenvalue weighted by Gasteiger charge is -2.16. The van der Waals surface area contributed by atoms with E-state index < -0.39 is 52.5 Å². The summed E-state index contributed by atoms with van der Waals surface area (Å²) in [7, 11) is 0. The average Bonchev–Trinajstić information content (AvgIpc) is 3.51. The van der Waals surface area contributed by atoms with Gasteiger partial charge in [0, 0.05) is 22.6 Å². The quantitative estimate of drug-likeness (QED) is 0.188. The number of rotatable bonds is 4. The third-order valence-corrected chi connectivity index (χ3v) is 8.52. The molecule has 2 aliphatic rings. The molecule has 0 saturated carbocycles. The highest BCUT2D eigenvalue weighted by molar-refractivity contribution is 7.25. The Kier molecular flexibility index (Phi) is 6.14. The number of benzene rings is 1. The Balaban J connectivity index is 1.45. The number of carbonyl (C=O) groups excluding carboxylic acids is 4. The molecule has 12 heteroatoms. The summed E-state index contributed by atoms with van der Waals surface area (Å²) in [6.45, 7) is 0. The Morgan fingerprint density at radius 1 is 0.789 bits per heavy atom. The first kappa shape index (κ1) is 26.0. The van der Waals surface area contributed by atoms with E-state index in [1.165, 1.54) is 12.1 Å². The van der Waals surface area contributed by atoms with Gasteiger partial charge < -0.3 is 0 Å². The van der Waals surface area contributed by atoms with Crippen LogP contribution in [0.3, 0.4) is 0 Å². The molecule has 5 rings (SSSR count). The van der Waals surface area contributed by atoms with Crippen LogP contribution in [0.2, 0.25) is 0 Å². The smallest absolute Gasteiger partial charge is 0.293 e. The van der Waals surface area contributed by atoms with Crippen molar-refractivity contribution >= 4 is 45.8 Å². The number of fused-ring (bicyclic) bond motifs is 3. The van der Waals surface area contributed by atoms with Crippen LogP contribution in [-0.4, -0.2) is 29.3 Å². The van der Waals surface area contributed by atoms with Crippen LogP contribution in [0.25, 0.3) is 9.75 Å². The van der Waals surface area contributed by atoms with Crippen molar-refractivity contribution < 1.29 is 45.5 Å². The molecular formula is C26H12F6O4S2. The van der Waals surface area contributed by atoms with Gasteiger partial charge in [0.25, 0.3) is 0 Å². The van der Waals surface area contributed by atoms with Crippen molar-refractivity contribution in [2.24, 2.45) is 5.92 Å². The molecular weight excluding hydrogens is 554 g/mol. The van der Waals surface area contributed by atoms with Gasteiger partial charge >= 0.3 is 12.4 Å². The Morgan fingerprint density at radius 2 is 1.34 bits per heavy atom. The van der Waals surface area contributed by atoms with Crippen molar-refractivity contribution in [1.82, 2.24) is 0 Å². The first-order chi connectivity index (χ1) is 17.8. The highest BCUT2D eigenvalue weighted by Crippen LogP contribution is 2.45. The van der Waals surface area contributed by atoms with E-state index in [0.717, 1.165) is 65.2 Å². The molecule has 0 aliphatic heterocycles. The Labute approximate surface area is 217 Å². The maximum absolute atomic E-state index is 13.0. The van der Waals surface area contributed by atoms with Crippen LogP contribution < -0.4 is 0 Å². The Bertz CT molecular complexity index is 1580. The minimum Gasteiger partial charge on any atom is -0.293 e. The average molecular weight is 567 g/mol. The van der Waals surface area contributed by atoms with Crippen molar-refractivity contribution in [1.29, 1.82) is 0 Å². The molecule has 3 aromatic rings. The SMILES string of the molecule is O=C(c1ccc(C(F)(F)F)cc1)c1cc2c(s1)-c1sc(C(=O)C3C=CC(C(F)(F)F)=CC3)cc1C(=O)C2=O. The van der Waals surface area contributed by atoms with E-state index in [4.69, 9.17) is 0 Å². The molecule has 1 unspecified atom stereocenters. The standard InChI is InChI=1S/C26H12F6O4S2/c27-25(28,29)13-5-1-11(2-6-13)19(33)17-9-15-21(35)22(36)16-10-18(38-24(16)23(15)37-17)20(34)12-3-7-14(8-4-12)26(30,31)32/h1-3,5-10,12H,4H2. The minimum absolute atomic E-state index is 0.0186. The topological polar surface area (TPSA) is 68.3 Å². The summed E-state index contributed by atoms with van der Waals surface area (Å²) >= 11 is 1.76. The Morgan fingerprint density at radius 3 is 1.84 bits per heavy atom. The van der Waals surface area contributed by atoms with Gasteiger partial charge in [-0.2, -0.15) is 26.3 Å². The molecule has 2 heterocycles. The van der Waals surface area contributed by atoms with Gasteiger partial charge in [0.1, 0.15) is 0 Å². The third-order valence-electron chi connectivity index (χ3n) is 6.07. The van der Waals surface area contributed by atoms with Crippen molar-refractivity contribution in [3.63, 3.8) is 0 Å². The molecule has 0 fully saturated rings. The van der Waals surface area contributed by atoms with Gasteiger partial charge in [-0.25, -0.2) is 0 Å². The number of hydrogen-bond acceptors (Lipinski definition) is 6. The number of halogens is 6. The third kappa shape index (κ3) is 4.47. The van der Waals surface area contributed by atoms with Crippen LogP contribution >= 0.6 is 22.7 Å².